The zero-order chi connectivity index (χ0) is 15.4. The first-order valence-corrected chi connectivity index (χ1v) is 8.21. The van der Waals surface area contributed by atoms with E-state index in [2.05, 4.69) is 44.4 Å². The van der Waals surface area contributed by atoms with E-state index >= 15 is 0 Å². The van der Waals surface area contributed by atoms with Gasteiger partial charge in [0.15, 0.2) is 0 Å². The smallest absolute Gasteiger partial charge is 0.264 e. The molecule has 0 spiro atoms. The minimum atomic E-state index is 0.0233. The molecule has 0 fully saturated rings. The van der Waals surface area contributed by atoms with Crippen LogP contribution in [0.2, 0.25) is 0 Å². The van der Waals surface area contributed by atoms with Crippen molar-refractivity contribution in [1.82, 2.24) is 4.57 Å². The Morgan fingerprint density at radius 2 is 2.14 bits per heavy atom. The summed E-state index contributed by atoms with van der Waals surface area (Å²) in [5, 5.41) is 0. The highest BCUT2D eigenvalue weighted by Gasteiger charge is 2.11. The van der Waals surface area contributed by atoms with Crippen molar-refractivity contribution in [1.29, 1.82) is 0 Å². The van der Waals surface area contributed by atoms with E-state index in [0.29, 0.717) is 15.9 Å². The van der Waals surface area contributed by atoms with E-state index in [4.69, 9.17) is 11.2 Å². The second-order valence-corrected chi connectivity index (χ2v) is 6.27. The molecule has 1 heterocycles. The van der Waals surface area contributed by atoms with Gasteiger partial charge in [0.25, 0.3) is 5.56 Å². The van der Waals surface area contributed by atoms with Gasteiger partial charge in [-0.15, -0.1) is 6.42 Å². The number of rotatable bonds is 4. The maximum atomic E-state index is 12.2. The van der Waals surface area contributed by atoms with Gasteiger partial charge in [-0.3, -0.25) is 4.79 Å². The quantitative estimate of drug-likeness (QED) is 0.514. The van der Waals surface area contributed by atoms with Crippen LogP contribution in [0.1, 0.15) is 6.92 Å². The summed E-state index contributed by atoms with van der Waals surface area (Å²) >= 11 is 5.59. The van der Waals surface area contributed by atoms with Crippen molar-refractivity contribution in [2.75, 3.05) is 6.61 Å². The third-order valence-corrected chi connectivity index (χ3v) is 4.46. The Labute approximate surface area is 145 Å². The van der Waals surface area contributed by atoms with Crippen molar-refractivity contribution < 1.29 is 4.74 Å². The van der Waals surface area contributed by atoms with Crippen molar-refractivity contribution >= 4 is 38.5 Å². The first kappa shape index (κ1) is 16.1. The molecule has 21 heavy (non-hydrogen) atoms. The first-order valence-electron chi connectivity index (χ1n) is 6.34. The minimum Gasteiger partial charge on any atom is -0.481 e. The SMILES string of the molecule is C#CCOc1ccc(-c2ccc(I)c(=O)n2CC)c(Br)c1. The van der Waals surface area contributed by atoms with Gasteiger partial charge in [-0.1, -0.05) is 5.92 Å². The van der Waals surface area contributed by atoms with Crippen LogP contribution in [0.4, 0.5) is 0 Å². The summed E-state index contributed by atoms with van der Waals surface area (Å²) in [6.45, 7) is 2.81. The van der Waals surface area contributed by atoms with Gasteiger partial charge in [0.05, 0.1) is 9.26 Å². The van der Waals surface area contributed by atoms with Crippen LogP contribution in [-0.2, 0) is 6.54 Å². The van der Waals surface area contributed by atoms with Crippen LogP contribution in [0.5, 0.6) is 5.75 Å². The molecular formula is C16H13BrINO2. The fourth-order valence-corrected chi connectivity index (χ4v) is 3.05. The number of halogens is 2. The van der Waals surface area contributed by atoms with E-state index in [1.54, 1.807) is 4.57 Å². The van der Waals surface area contributed by atoms with E-state index < -0.39 is 0 Å². The molecule has 108 valence electrons. The Morgan fingerprint density at radius 1 is 1.38 bits per heavy atom. The maximum Gasteiger partial charge on any atom is 0.264 e. The van der Waals surface area contributed by atoms with E-state index in [0.717, 1.165) is 15.7 Å². The van der Waals surface area contributed by atoms with Crippen LogP contribution >= 0.6 is 38.5 Å². The average molecular weight is 458 g/mol. The number of pyridine rings is 1. The molecule has 0 aliphatic rings. The molecule has 0 unspecified atom stereocenters. The van der Waals surface area contributed by atoms with E-state index in [1.165, 1.54) is 0 Å². The van der Waals surface area contributed by atoms with Gasteiger partial charge in [-0.2, -0.15) is 0 Å². The predicted molar refractivity (Wildman–Crippen MR) is 96.6 cm³/mol. The molecule has 1 aromatic heterocycles. The van der Waals surface area contributed by atoms with Crippen molar-refractivity contribution in [3.63, 3.8) is 0 Å². The number of terminal acetylenes is 1. The lowest BCUT2D eigenvalue weighted by Gasteiger charge is -2.14. The lowest BCUT2D eigenvalue weighted by Crippen LogP contribution is -2.22. The summed E-state index contributed by atoms with van der Waals surface area (Å²) in [6, 6.07) is 9.41. The summed E-state index contributed by atoms with van der Waals surface area (Å²) in [5.41, 5.74) is 1.84. The van der Waals surface area contributed by atoms with Crippen LogP contribution in [0.3, 0.4) is 0 Å². The molecule has 0 aliphatic carbocycles. The maximum absolute atomic E-state index is 12.2. The molecule has 3 nitrogen and oxygen atoms in total. The summed E-state index contributed by atoms with van der Waals surface area (Å²) < 4.78 is 8.72. The van der Waals surface area contributed by atoms with Crippen molar-refractivity contribution in [3.05, 3.63) is 48.7 Å². The highest BCUT2D eigenvalue weighted by molar-refractivity contribution is 14.1. The third kappa shape index (κ3) is 3.50. The van der Waals surface area contributed by atoms with Gasteiger partial charge < -0.3 is 9.30 Å². The van der Waals surface area contributed by atoms with Crippen molar-refractivity contribution in [2.45, 2.75) is 13.5 Å². The number of nitrogens with zero attached hydrogens (tertiary/aromatic N) is 1. The van der Waals surface area contributed by atoms with E-state index in [-0.39, 0.29) is 12.2 Å². The minimum absolute atomic E-state index is 0.0233. The number of ether oxygens (including phenoxy) is 1. The lowest BCUT2D eigenvalue weighted by molar-refractivity contribution is 0.370. The van der Waals surface area contributed by atoms with Crippen molar-refractivity contribution in [2.24, 2.45) is 0 Å². The van der Waals surface area contributed by atoms with E-state index in [9.17, 15) is 4.79 Å². The Kier molecular flexibility index (Phi) is 5.48. The molecule has 0 saturated heterocycles. The summed E-state index contributed by atoms with van der Waals surface area (Å²) in [6.07, 6.45) is 5.18. The van der Waals surface area contributed by atoms with Crippen LogP contribution in [0, 0.1) is 15.9 Å². The van der Waals surface area contributed by atoms with Crippen LogP contribution < -0.4 is 10.3 Å². The highest BCUT2D eigenvalue weighted by Crippen LogP contribution is 2.31. The topological polar surface area (TPSA) is 31.2 Å². The number of aromatic nitrogens is 1. The van der Waals surface area contributed by atoms with Gasteiger partial charge in [0.2, 0.25) is 0 Å². The Bertz CT molecular complexity index is 762. The van der Waals surface area contributed by atoms with Crippen molar-refractivity contribution in [3.8, 4) is 29.4 Å². The fraction of sp³-hybridized carbons (Fsp3) is 0.188. The predicted octanol–water partition coefficient (Wildman–Crippen LogP) is 3.91. The summed E-state index contributed by atoms with van der Waals surface area (Å²) in [5.74, 6) is 3.12. The largest absolute Gasteiger partial charge is 0.481 e. The molecule has 0 amide bonds. The van der Waals surface area contributed by atoms with Gasteiger partial charge in [0.1, 0.15) is 12.4 Å². The molecule has 5 heteroatoms. The molecule has 0 atom stereocenters. The van der Waals surface area contributed by atoms with Crippen LogP contribution in [0.15, 0.2) is 39.6 Å². The molecule has 0 saturated carbocycles. The lowest BCUT2D eigenvalue weighted by atomic mass is 10.1. The summed E-state index contributed by atoms with van der Waals surface area (Å²) in [7, 11) is 0. The molecular weight excluding hydrogens is 445 g/mol. The molecule has 0 aliphatic heterocycles. The average Bonchev–Trinajstić information content (AvgIpc) is 2.48. The molecule has 0 N–H and O–H groups in total. The Morgan fingerprint density at radius 3 is 2.76 bits per heavy atom. The third-order valence-electron chi connectivity index (χ3n) is 2.98. The monoisotopic (exact) mass is 457 g/mol. The first-order chi connectivity index (χ1) is 10.1. The molecule has 2 aromatic rings. The van der Waals surface area contributed by atoms with Gasteiger partial charge in [-0.25, -0.2) is 0 Å². The van der Waals surface area contributed by atoms with E-state index in [1.807, 2.05) is 37.3 Å². The Hall–Kier alpha value is -1.26. The van der Waals surface area contributed by atoms with Gasteiger partial charge >= 0.3 is 0 Å². The standard InChI is InChI=1S/C16H13BrINO2/c1-3-9-21-11-5-6-12(13(17)10-11)15-8-7-14(18)16(20)19(15)4-2/h1,5-8,10H,4,9H2,2H3. The fourth-order valence-electron chi connectivity index (χ4n) is 2.02. The Balaban J connectivity index is 2.51. The molecule has 2 rings (SSSR count). The molecule has 0 radical (unpaired) electrons. The van der Waals surface area contributed by atoms with Crippen LogP contribution in [0.25, 0.3) is 11.3 Å². The van der Waals surface area contributed by atoms with Gasteiger partial charge in [0, 0.05) is 16.6 Å². The normalized spacial score (nSPS) is 10.2. The zero-order valence-electron chi connectivity index (χ0n) is 11.4. The molecule has 0 bridgehead atoms. The number of hydrogen-bond acceptors (Lipinski definition) is 2. The van der Waals surface area contributed by atoms with Crippen LogP contribution in [-0.4, -0.2) is 11.2 Å². The summed E-state index contributed by atoms with van der Waals surface area (Å²) in [4.78, 5) is 12.2. The molecule has 1 aromatic carbocycles. The number of hydrogen-bond donors (Lipinski definition) is 0. The number of benzene rings is 1. The highest BCUT2D eigenvalue weighted by atomic mass is 127. The second kappa shape index (κ2) is 7.14. The second-order valence-electron chi connectivity index (χ2n) is 4.25. The van der Waals surface area contributed by atoms with Gasteiger partial charge in [-0.05, 0) is 75.8 Å². The zero-order valence-corrected chi connectivity index (χ0v) is 15.1.